The summed E-state index contributed by atoms with van der Waals surface area (Å²) in [7, 11) is 0. The van der Waals surface area contributed by atoms with Crippen LogP contribution < -0.4 is 10.0 Å². The van der Waals surface area contributed by atoms with Gasteiger partial charge in [-0.3, -0.25) is 9.80 Å². The van der Waals surface area contributed by atoms with Crippen molar-refractivity contribution in [3.05, 3.63) is 138 Å². The van der Waals surface area contributed by atoms with E-state index in [9.17, 15) is 4.79 Å². The number of hydrogen-bond acceptors (Lipinski definition) is 4. The molecule has 4 aromatic rings. The lowest BCUT2D eigenvalue weighted by molar-refractivity contribution is -0.114. The first-order chi connectivity index (χ1) is 18.2. The highest BCUT2D eigenvalue weighted by molar-refractivity contribution is 6.32. The van der Waals surface area contributed by atoms with Gasteiger partial charge in [-0.1, -0.05) is 91.0 Å². The predicted octanol–water partition coefficient (Wildman–Crippen LogP) is 6.85. The van der Waals surface area contributed by atoms with Crippen LogP contribution in [0.2, 0.25) is 0 Å². The number of hydrazone groups is 2. The Labute approximate surface area is 216 Å². The van der Waals surface area contributed by atoms with E-state index < -0.39 is 0 Å². The third-order valence-electron chi connectivity index (χ3n) is 6.73. The normalized spacial score (nSPS) is 18.4. The standard InChI is InChI=1S/C32H26N4O/c1-23-29(32(37)36(33-23)27-15-9-4-10-16-27)21-24-17-19-28(20-18-24)35-31(26-13-7-3-8-14-26)22-30(34-35)25-11-5-2-6-12-25/h2-21,31H,22H2,1H3. The quantitative estimate of drug-likeness (QED) is 0.292. The number of hydrogen-bond donors (Lipinski definition) is 0. The van der Waals surface area contributed by atoms with Gasteiger partial charge in [-0.05, 0) is 54.0 Å². The fourth-order valence-corrected chi connectivity index (χ4v) is 4.81. The molecule has 37 heavy (non-hydrogen) atoms. The van der Waals surface area contributed by atoms with Gasteiger partial charge >= 0.3 is 0 Å². The lowest BCUT2D eigenvalue weighted by Gasteiger charge is -2.24. The third kappa shape index (κ3) is 4.47. The van der Waals surface area contributed by atoms with Crippen molar-refractivity contribution in [2.24, 2.45) is 10.2 Å². The van der Waals surface area contributed by atoms with Gasteiger partial charge in [0.05, 0.1) is 34.4 Å². The molecule has 2 heterocycles. The number of para-hydroxylation sites is 1. The van der Waals surface area contributed by atoms with Crippen molar-refractivity contribution >= 4 is 34.8 Å². The Morgan fingerprint density at radius 3 is 2.03 bits per heavy atom. The molecule has 1 amide bonds. The van der Waals surface area contributed by atoms with Crippen LogP contribution in [0.3, 0.4) is 0 Å². The fraction of sp³-hybridized carbons (Fsp3) is 0.0938. The first-order valence-electron chi connectivity index (χ1n) is 12.4. The van der Waals surface area contributed by atoms with Crippen LogP contribution in [0.1, 0.15) is 36.1 Å². The average Bonchev–Trinajstić information content (AvgIpc) is 3.52. The molecule has 1 atom stereocenters. The average molecular weight is 483 g/mol. The summed E-state index contributed by atoms with van der Waals surface area (Å²) in [6, 6.07) is 38.7. The van der Waals surface area contributed by atoms with E-state index >= 15 is 0 Å². The van der Waals surface area contributed by atoms with Gasteiger partial charge in [-0.15, -0.1) is 0 Å². The predicted molar refractivity (Wildman–Crippen MR) is 151 cm³/mol. The minimum atomic E-state index is -0.117. The Bertz CT molecular complexity index is 1510. The number of amides is 1. The van der Waals surface area contributed by atoms with Crippen LogP contribution in [0.5, 0.6) is 0 Å². The van der Waals surface area contributed by atoms with E-state index in [1.165, 1.54) is 10.6 Å². The highest BCUT2D eigenvalue weighted by Gasteiger charge is 2.30. The Balaban J connectivity index is 1.29. The molecule has 2 aliphatic heterocycles. The van der Waals surface area contributed by atoms with Crippen LogP contribution in [-0.2, 0) is 4.79 Å². The van der Waals surface area contributed by atoms with E-state index in [1.807, 2.05) is 67.6 Å². The second-order valence-electron chi connectivity index (χ2n) is 9.18. The van der Waals surface area contributed by atoms with E-state index in [0.29, 0.717) is 11.3 Å². The Morgan fingerprint density at radius 2 is 1.35 bits per heavy atom. The summed E-state index contributed by atoms with van der Waals surface area (Å²) in [5.74, 6) is -0.117. The molecule has 0 fully saturated rings. The monoisotopic (exact) mass is 482 g/mol. The van der Waals surface area contributed by atoms with Gasteiger partial charge in [0.2, 0.25) is 0 Å². The number of nitrogens with zero attached hydrogens (tertiary/aromatic N) is 4. The molecule has 6 rings (SSSR count). The number of anilines is 2. The molecule has 0 radical (unpaired) electrons. The van der Waals surface area contributed by atoms with E-state index in [2.05, 4.69) is 70.8 Å². The molecule has 5 nitrogen and oxygen atoms in total. The number of rotatable bonds is 5. The molecule has 0 spiro atoms. The molecule has 5 heteroatoms. The molecule has 0 saturated carbocycles. The summed E-state index contributed by atoms with van der Waals surface area (Å²) in [6.45, 7) is 1.87. The maximum atomic E-state index is 13.1. The molecular formula is C32H26N4O. The summed E-state index contributed by atoms with van der Waals surface area (Å²) in [4.78, 5) is 13.1. The first kappa shape index (κ1) is 22.7. The number of benzene rings is 4. The summed E-state index contributed by atoms with van der Waals surface area (Å²) in [5, 5.41) is 13.1. The second-order valence-corrected chi connectivity index (χ2v) is 9.18. The zero-order valence-corrected chi connectivity index (χ0v) is 20.5. The zero-order valence-electron chi connectivity index (χ0n) is 20.5. The topological polar surface area (TPSA) is 48.3 Å². The van der Waals surface area contributed by atoms with Gasteiger partial charge in [0.15, 0.2) is 0 Å². The van der Waals surface area contributed by atoms with Crippen LogP contribution in [0.15, 0.2) is 131 Å². The zero-order chi connectivity index (χ0) is 25.2. The Kier molecular flexibility index (Phi) is 5.95. The molecule has 0 aliphatic carbocycles. The van der Waals surface area contributed by atoms with E-state index in [-0.39, 0.29) is 11.9 Å². The maximum absolute atomic E-state index is 13.1. The van der Waals surface area contributed by atoms with Crippen molar-refractivity contribution < 1.29 is 4.79 Å². The second kappa shape index (κ2) is 9.70. The van der Waals surface area contributed by atoms with Crippen molar-refractivity contribution in [1.82, 2.24) is 0 Å². The molecule has 0 bridgehead atoms. The van der Waals surface area contributed by atoms with Crippen molar-refractivity contribution in [3.8, 4) is 0 Å². The Morgan fingerprint density at radius 1 is 0.730 bits per heavy atom. The lowest BCUT2D eigenvalue weighted by atomic mass is 9.98. The Hall–Kier alpha value is -4.77. The van der Waals surface area contributed by atoms with E-state index in [1.54, 1.807) is 0 Å². The van der Waals surface area contributed by atoms with Gasteiger partial charge in [-0.2, -0.15) is 15.2 Å². The van der Waals surface area contributed by atoms with Gasteiger partial charge in [0.1, 0.15) is 0 Å². The smallest absolute Gasteiger partial charge is 0.267 e. The first-order valence-corrected chi connectivity index (χ1v) is 12.4. The highest BCUT2D eigenvalue weighted by Crippen LogP contribution is 2.37. The molecule has 0 N–H and O–H groups in total. The minimum absolute atomic E-state index is 0.117. The SMILES string of the molecule is CC1=NN(c2ccccc2)C(=O)C1=Cc1ccc(N2N=C(c3ccccc3)CC2c2ccccc2)cc1. The highest BCUT2D eigenvalue weighted by atomic mass is 16.2. The van der Waals surface area contributed by atoms with Gasteiger partial charge in [0.25, 0.3) is 5.91 Å². The van der Waals surface area contributed by atoms with Crippen LogP contribution in [0, 0.1) is 0 Å². The molecular weight excluding hydrogens is 456 g/mol. The van der Waals surface area contributed by atoms with Crippen molar-refractivity contribution in [2.45, 2.75) is 19.4 Å². The fourth-order valence-electron chi connectivity index (χ4n) is 4.81. The van der Waals surface area contributed by atoms with Crippen molar-refractivity contribution in [2.75, 3.05) is 10.0 Å². The van der Waals surface area contributed by atoms with Crippen LogP contribution in [0.4, 0.5) is 11.4 Å². The lowest BCUT2D eigenvalue weighted by Crippen LogP contribution is -2.21. The van der Waals surface area contributed by atoms with Crippen molar-refractivity contribution in [3.63, 3.8) is 0 Å². The summed E-state index contributed by atoms with van der Waals surface area (Å²) < 4.78 is 0. The molecule has 0 saturated heterocycles. The third-order valence-corrected chi connectivity index (χ3v) is 6.73. The van der Waals surface area contributed by atoms with E-state index in [4.69, 9.17) is 5.10 Å². The van der Waals surface area contributed by atoms with Crippen LogP contribution in [0.25, 0.3) is 6.08 Å². The number of carbonyl (C=O) groups excluding carboxylic acids is 1. The molecule has 4 aromatic carbocycles. The largest absolute Gasteiger partial charge is 0.280 e. The summed E-state index contributed by atoms with van der Waals surface area (Å²) >= 11 is 0. The van der Waals surface area contributed by atoms with Crippen LogP contribution >= 0.6 is 0 Å². The molecule has 1 unspecified atom stereocenters. The molecule has 0 aromatic heterocycles. The number of carbonyl (C=O) groups is 1. The van der Waals surface area contributed by atoms with Crippen LogP contribution in [-0.4, -0.2) is 17.3 Å². The van der Waals surface area contributed by atoms with Gasteiger partial charge < -0.3 is 0 Å². The summed E-state index contributed by atoms with van der Waals surface area (Å²) in [5.41, 5.74) is 7.47. The van der Waals surface area contributed by atoms with Gasteiger partial charge in [-0.25, -0.2) is 0 Å². The summed E-state index contributed by atoms with van der Waals surface area (Å²) in [6.07, 6.45) is 2.74. The molecule has 180 valence electrons. The minimum Gasteiger partial charge on any atom is -0.267 e. The molecule has 2 aliphatic rings. The maximum Gasteiger partial charge on any atom is 0.280 e. The van der Waals surface area contributed by atoms with Crippen molar-refractivity contribution in [1.29, 1.82) is 0 Å². The van der Waals surface area contributed by atoms with E-state index in [0.717, 1.165) is 34.6 Å². The van der Waals surface area contributed by atoms with Gasteiger partial charge in [0, 0.05) is 6.42 Å².